The Morgan fingerprint density at radius 3 is 1.66 bits per heavy atom. The summed E-state index contributed by atoms with van der Waals surface area (Å²) in [5.74, 6) is 1.47. The van der Waals surface area contributed by atoms with Crippen molar-refractivity contribution in [2.45, 2.75) is 25.2 Å². The van der Waals surface area contributed by atoms with Gasteiger partial charge >= 0.3 is 7.82 Å². The maximum atomic E-state index is 13.5. The molecule has 0 aliphatic heterocycles. The number of allylic oxidation sites excluding steroid dienone is 2. The third kappa shape index (κ3) is 4.38. The van der Waals surface area contributed by atoms with Crippen molar-refractivity contribution in [2.24, 2.45) is 0 Å². The molecule has 0 N–H and O–H groups in total. The van der Waals surface area contributed by atoms with Gasteiger partial charge in [0.2, 0.25) is 0 Å². The zero-order valence-corrected chi connectivity index (χ0v) is 17.1. The molecule has 0 aromatic heterocycles. The number of phosphoric ester groups is 1. The fraction of sp³-hybridized carbons (Fsp3) is 0.167. The van der Waals surface area contributed by atoms with Gasteiger partial charge in [0.05, 0.1) is 0 Å². The molecule has 0 unspecified atom stereocenters. The molecule has 0 spiro atoms. The van der Waals surface area contributed by atoms with E-state index in [1.54, 1.807) is 24.3 Å². The van der Waals surface area contributed by atoms with E-state index in [1.807, 2.05) is 60.7 Å². The van der Waals surface area contributed by atoms with Gasteiger partial charge < -0.3 is 13.6 Å². The second-order valence-corrected chi connectivity index (χ2v) is 8.45. The van der Waals surface area contributed by atoms with Crippen LogP contribution in [-0.4, -0.2) is 0 Å². The first-order valence-corrected chi connectivity index (χ1v) is 11.1. The van der Waals surface area contributed by atoms with Crippen molar-refractivity contribution in [1.29, 1.82) is 0 Å². The zero-order valence-electron chi connectivity index (χ0n) is 16.2. The normalized spacial score (nSPS) is 18.3. The van der Waals surface area contributed by atoms with Gasteiger partial charge in [-0.15, -0.1) is 0 Å². The summed E-state index contributed by atoms with van der Waals surface area (Å²) in [6.45, 7) is 2.14. The van der Waals surface area contributed by atoms with Gasteiger partial charge in [0.15, 0.2) is 0 Å². The molecule has 1 atom stereocenters. The van der Waals surface area contributed by atoms with Gasteiger partial charge in [-0.05, 0) is 42.3 Å². The molecule has 29 heavy (non-hydrogen) atoms. The Kier molecular flexibility index (Phi) is 5.46. The van der Waals surface area contributed by atoms with E-state index in [1.165, 1.54) is 5.56 Å². The molecule has 0 radical (unpaired) electrons. The molecule has 0 fully saturated rings. The van der Waals surface area contributed by atoms with Gasteiger partial charge in [0.1, 0.15) is 17.3 Å². The van der Waals surface area contributed by atoms with Crippen LogP contribution in [0.3, 0.4) is 0 Å². The van der Waals surface area contributed by atoms with Gasteiger partial charge in [-0.25, -0.2) is 0 Å². The second-order valence-electron chi connectivity index (χ2n) is 7.01. The summed E-state index contributed by atoms with van der Waals surface area (Å²) < 4.78 is 30.7. The lowest BCUT2D eigenvalue weighted by Gasteiger charge is -2.39. The van der Waals surface area contributed by atoms with Crippen LogP contribution in [0, 0.1) is 0 Å². The SMILES string of the molecule is CC[C@]1(c2ccccc2)C=C(OP(=O)(Oc2ccccc2)Oc2ccccc2)C1. The Morgan fingerprint density at radius 1 is 0.759 bits per heavy atom. The van der Waals surface area contributed by atoms with Crippen LogP contribution in [0.2, 0.25) is 0 Å². The van der Waals surface area contributed by atoms with Crippen molar-refractivity contribution in [1.82, 2.24) is 0 Å². The fourth-order valence-electron chi connectivity index (χ4n) is 3.46. The Hall–Kier alpha value is -2.97. The van der Waals surface area contributed by atoms with Crippen LogP contribution in [0.4, 0.5) is 0 Å². The standard InChI is InChI=1S/C24H23O4P/c1-2-24(20-12-6-3-7-13-20)18-23(19-24)28-29(25,26-21-14-8-4-9-15-21)27-22-16-10-5-11-17-22/h3-18H,2,19H2,1H3/t24-/m0/s1. The number of hydrogen-bond donors (Lipinski definition) is 0. The molecule has 3 aromatic carbocycles. The average Bonchev–Trinajstić information content (AvgIpc) is 2.72. The molecule has 1 aliphatic rings. The van der Waals surface area contributed by atoms with Gasteiger partial charge in [-0.2, -0.15) is 4.57 Å². The summed E-state index contributed by atoms with van der Waals surface area (Å²) in [5.41, 5.74) is 1.11. The summed E-state index contributed by atoms with van der Waals surface area (Å²) in [6, 6.07) is 28.1. The van der Waals surface area contributed by atoms with Crippen LogP contribution >= 0.6 is 7.82 Å². The maximum absolute atomic E-state index is 13.5. The molecule has 0 saturated heterocycles. The van der Waals surface area contributed by atoms with Crippen molar-refractivity contribution in [3.05, 3.63) is 108 Å². The molecular formula is C24H23O4P. The van der Waals surface area contributed by atoms with E-state index in [9.17, 15) is 4.57 Å². The van der Waals surface area contributed by atoms with Crippen LogP contribution < -0.4 is 9.05 Å². The average molecular weight is 406 g/mol. The molecule has 0 saturated carbocycles. The molecule has 4 nitrogen and oxygen atoms in total. The van der Waals surface area contributed by atoms with E-state index >= 15 is 0 Å². The number of rotatable bonds is 8. The summed E-state index contributed by atoms with van der Waals surface area (Å²) in [6.07, 6.45) is 3.60. The highest BCUT2D eigenvalue weighted by Gasteiger charge is 2.43. The first kappa shape index (κ1) is 19.4. The predicted octanol–water partition coefficient (Wildman–Crippen LogP) is 6.90. The molecule has 3 aromatic rings. The maximum Gasteiger partial charge on any atom is 0.646 e. The number of hydrogen-bond acceptors (Lipinski definition) is 4. The number of benzene rings is 3. The molecule has 148 valence electrons. The van der Waals surface area contributed by atoms with E-state index in [2.05, 4.69) is 19.1 Å². The first-order valence-electron chi connectivity index (χ1n) is 9.67. The highest BCUT2D eigenvalue weighted by atomic mass is 31.2. The molecular weight excluding hydrogens is 383 g/mol. The molecule has 0 heterocycles. The van der Waals surface area contributed by atoms with Crippen molar-refractivity contribution < 1.29 is 18.1 Å². The zero-order chi connectivity index (χ0) is 20.2. The molecule has 0 amide bonds. The monoisotopic (exact) mass is 406 g/mol. The second kappa shape index (κ2) is 8.18. The quantitative estimate of drug-likeness (QED) is 0.382. The van der Waals surface area contributed by atoms with Crippen molar-refractivity contribution >= 4 is 7.82 Å². The molecule has 4 rings (SSSR count). The third-order valence-electron chi connectivity index (χ3n) is 5.06. The fourth-order valence-corrected chi connectivity index (χ4v) is 4.73. The van der Waals surface area contributed by atoms with Crippen LogP contribution in [0.5, 0.6) is 11.5 Å². The third-order valence-corrected chi connectivity index (χ3v) is 6.38. The van der Waals surface area contributed by atoms with E-state index in [4.69, 9.17) is 13.6 Å². The summed E-state index contributed by atoms with van der Waals surface area (Å²) >= 11 is 0. The Balaban J connectivity index is 1.58. The smallest absolute Gasteiger partial charge is 0.391 e. The lowest BCUT2D eigenvalue weighted by Crippen LogP contribution is -2.32. The van der Waals surface area contributed by atoms with E-state index in [0.29, 0.717) is 23.7 Å². The Bertz CT molecular complexity index is 973. The van der Waals surface area contributed by atoms with Gasteiger partial charge in [0, 0.05) is 11.8 Å². The van der Waals surface area contributed by atoms with Crippen LogP contribution in [0.25, 0.3) is 0 Å². The Morgan fingerprint density at radius 2 is 1.21 bits per heavy atom. The topological polar surface area (TPSA) is 44.8 Å². The van der Waals surface area contributed by atoms with Gasteiger partial charge in [-0.3, -0.25) is 0 Å². The van der Waals surface area contributed by atoms with Crippen molar-refractivity contribution in [3.8, 4) is 11.5 Å². The lowest BCUT2D eigenvalue weighted by molar-refractivity contribution is 0.221. The van der Waals surface area contributed by atoms with Crippen molar-refractivity contribution in [2.75, 3.05) is 0 Å². The van der Waals surface area contributed by atoms with Crippen molar-refractivity contribution in [3.63, 3.8) is 0 Å². The van der Waals surface area contributed by atoms with Crippen LogP contribution in [0.1, 0.15) is 25.3 Å². The first-order chi connectivity index (χ1) is 14.1. The van der Waals surface area contributed by atoms with Gasteiger partial charge in [-0.1, -0.05) is 73.7 Å². The molecule has 1 aliphatic carbocycles. The highest BCUT2D eigenvalue weighted by molar-refractivity contribution is 7.49. The summed E-state index contributed by atoms with van der Waals surface area (Å²) in [4.78, 5) is 0. The largest absolute Gasteiger partial charge is 0.646 e. The minimum atomic E-state index is -3.91. The lowest BCUT2D eigenvalue weighted by atomic mass is 9.68. The van der Waals surface area contributed by atoms with E-state index in [0.717, 1.165) is 6.42 Å². The summed E-state index contributed by atoms with van der Waals surface area (Å²) in [7, 11) is -3.91. The van der Waals surface area contributed by atoms with Gasteiger partial charge in [0.25, 0.3) is 0 Å². The highest BCUT2D eigenvalue weighted by Crippen LogP contribution is 2.56. The Labute approximate surface area is 171 Å². The molecule has 0 bridgehead atoms. The van der Waals surface area contributed by atoms with Crippen LogP contribution in [0.15, 0.2) is 103 Å². The molecule has 5 heteroatoms. The van der Waals surface area contributed by atoms with E-state index in [-0.39, 0.29) is 5.41 Å². The van der Waals surface area contributed by atoms with E-state index < -0.39 is 7.82 Å². The number of para-hydroxylation sites is 2. The number of phosphoric acid groups is 1. The summed E-state index contributed by atoms with van der Waals surface area (Å²) in [5, 5.41) is 0. The predicted molar refractivity (Wildman–Crippen MR) is 114 cm³/mol. The minimum absolute atomic E-state index is 0.110. The minimum Gasteiger partial charge on any atom is -0.391 e. The van der Waals surface area contributed by atoms with Crippen LogP contribution in [-0.2, 0) is 14.5 Å².